The number of hydrogen-bond acceptors (Lipinski definition) is 7. The summed E-state index contributed by atoms with van der Waals surface area (Å²) < 4.78 is 30.4. The molecule has 4 aromatic rings. The fourth-order valence-corrected chi connectivity index (χ4v) is 4.68. The van der Waals surface area contributed by atoms with Crippen molar-refractivity contribution in [1.82, 2.24) is 0 Å². The number of hydrogen-bond donors (Lipinski definition) is 1. The first kappa shape index (κ1) is 28.7. The monoisotopic (exact) mass is 554 g/mol. The van der Waals surface area contributed by atoms with Gasteiger partial charge in [-0.1, -0.05) is 121 Å². The smallest absolute Gasteiger partial charge is 0.338 e. The lowest BCUT2D eigenvalue weighted by Crippen LogP contribution is -2.62. The molecule has 4 aromatic carbocycles. The molecule has 0 bridgehead atoms. The number of aliphatic hydroxyl groups is 1. The van der Waals surface area contributed by atoms with Crippen molar-refractivity contribution in [2.75, 3.05) is 0 Å². The van der Waals surface area contributed by atoms with Crippen molar-refractivity contribution in [2.45, 2.75) is 57.1 Å². The van der Waals surface area contributed by atoms with Gasteiger partial charge in [-0.25, -0.2) is 4.79 Å². The van der Waals surface area contributed by atoms with Gasteiger partial charge in [0.2, 0.25) is 0 Å². The number of rotatable bonds is 12. The molecule has 1 saturated heterocycles. The number of carbonyl (C=O) groups is 1. The number of carbonyl (C=O) groups excluding carboxylic acids is 1. The summed E-state index contributed by atoms with van der Waals surface area (Å²) in [6.07, 6.45) is -5.40. The molecule has 0 radical (unpaired) electrons. The summed E-state index contributed by atoms with van der Waals surface area (Å²) in [5.74, 6) is -0.652. The fraction of sp³-hybridized carbons (Fsp3) is 0.265. The maximum Gasteiger partial charge on any atom is 0.338 e. The predicted octanol–water partition coefficient (Wildman–Crippen LogP) is 5.20. The lowest BCUT2D eigenvalue weighted by atomic mass is 9.97. The standard InChI is InChI=1S/C34H34O7/c35-33(40-24-28-19-11-4-12-20-28)32-30(38-22-26-15-7-2-8-16-26)29(37-21-25-13-5-1-6-14-25)31(34(36)41-32)39-23-27-17-9-3-10-18-27/h1-20,29-32,34,36H,21-24H2/t29-,30-,31+,32?,34+/m0/s1. The molecule has 7 nitrogen and oxygen atoms in total. The van der Waals surface area contributed by atoms with E-state index in [1.807, 2.05) is 121 Å². The van der Waals surface area contributed by atoms with Crippen LogP contribution in [0.1, 0.15) is 22.3 Å². The Kier molecular flexibility index (Phi) is 10.3. The Morgan fingerprint density at radius 1 is 0.537 bits per heavy atom. The molecule has 0 spiro atoms. The minimum atomic E-state index is -1.45. The topological polar surface area (TPSA) is 83.5 Å². The van der Waals surface area contributed by atoms with Gasteiger partial charge >= 0.3 is 5.97 Å². The Bertz CT molecular complexity index is 1320. The van der Waals surface area contributed by atoms with E-state index in [4.69, 9.17) is 23.7 Å². The maximum atomic E-state index is 13.4. The summed E-state index contributed by atoms with van der Waals surface area (Å²) >= 11 is 0. The molecule has 0 aromatic heterocycles. The maximum absolute atomic E-state index is 13.4. The lowest BCUT2D eigenvalue weighted by molar-refractivity contribution is -0.309. The molecule has 1 aliphatic rings. The van der Waals surface area contributed by atoms with Crippen molar-refractivity contribution in [3.63, 3.8) is 0 Å². The normalized spacial score (nSPS) is 22.2. The molecule has 5 atom stereocenters. The van der Waals surface area contributed by atoms with E-state index in [1.165, 1.54) is 0 Å². The van der Waals surface area contributed by atoms with Gasteiger partial charge < -0.3 is 28.8 Å². The highest BCUT2D eigenvalue weighted by Gasteiger charge is 2.51. The highest BCUT2D eigenvalue weighted by molar-refractivity contribution is 5.76. The molecule has 5 rings (SSSR count). The van der Waals surface area contributed by atoms with Gasteiger partial charge in [0.15, 0.2) is 12.4 Å². The first-order valence-corrected chi connectivity index (χ1v) is 13.7. The number of benzene rings is 4. The van der Waals surface area contributed by atoms with E-state index in [1.54, 1.807) is 0 Å². The number of ether oxygens (including phenoxy) is 5. The molecule has 1 fully saturated rings. The van der Waals surface area contributed by atoms with Gasteiger partial charge in [-0.05, 0) is 22.3 Å². The minimum Gasteiger partial charge on any atom is -0.459 e. The highest BCUT2D eigenvalue weighted by atomic mass is 16.7. The van der Waals surface area contributed by atoms with E-state index in [-0.39, 0.29) is 26.4 Å². The van der Waals surface area contributed by atoms with Gasteiger partial charge in [-0.15, -0.1) is 0 Å². The first-order valence-electron chi connectivity index (χ1n) is 13.7. The summed E-state index contributed by atoms with van der Waals surface area (Å²) in [6.45, 7) is 0.695. The average Bonchev–Trinajstić information content (AvgIpc) is 3.03. The van der Waals surface area contributed by atoms with Crippen LogP contribution >= 0.6 is 0 Å². The third kappa shape index (κ3) is 8.10. The van der Waals surface area contributed by atoms with Crippen LogP contribution in [0.15, 0.2) is 121 Å². The van der Waals surface area contributed by atoms with E-state index in [9.17, 15) is 9.90 Å². The van der Waals surface area contributed by atoms with Crippen molar-refractivity contribution < 1.29 is 33.6 Å². The van der Waals surface area contributed by atoms with Crippen LogP contribution in [0.3, 0.4) is 0 Å². The Morgan fingerprint density at radius 2 is 0.902 bits per heavy atom. The van der Waals surface area contributed by atoms with Crippen LogP contribution in [0.4, 0.5) is 0 Å². The molecule has 0 amide bonds. The van der Waals surface area contributed by atoms with E-state index in [2.05, 4.69) is 0 Å². The Morgan fingerprint density at radius 3 is 1.34 bits per heavy atom. The van der Waals surface area contributed by atoms with Crippen LogP contribution in [0.5, 0.6) is 0 Å². The molecule has 41 heavy (non-hydrogen) atoms. The Hall–Kier alpha value is -3.85. The minimum absolute atomic E-state index is 0.0600. The van der Waals surface area contributed by atoms with E-state index < -0.39 is 36.7 Å². The molecule has 1 aliphatic heterocycles. The lowest BCUT2D eigenvalue weighted by Gasteiger charge is -2.43. The third-order valence-corrected chi connectivity index (χ3v) is 6.83. The second-order valence-electron chi connectivity index (χ2n) is 9.82. The van der Waals surface area contributed by atoms with Gasteiger partial charge in [0.05, 0.1) is 19.8 Å². The summed E-state index contributed by atoms with van der Waals surface area (Å²) in [4.78, 5) is 13.4. The van der Waals surface area contributed by atoms with E-state index in [0.717, 1.165) is 22.3 Å². The average molecular weight is 555 g/mol. The number of esters is 1. The zero-order valence-corrected chi connectivity index (χ0v) is 22.7. The quantitative estimate of drug-likeness (QED) is 0.241. The predicted molar refractivity (Wildman–Crippen MR) is 152 cm³/mol. The van der Waals surface area contributed by atoms with E-state index >= 15 is 0 Å². The number of aliphatic hydroxyl groups excluding tert-OH is 1. The van der Waals surface area contributed by atoms with Crippen molar-refractivity contribution in [2.24, 2.45) is 0 Å². The SMILES string of the molecule is O=C(OCc1ccccc1)C1O[C@@H](O)[C@H](OCc2ccccc2)[C@@H](OCc2ccccc2)[C@@H]1OCc1ccccc1. The summed E-state index contributed by atoms with van der Waals surface area (Å²) in [5, 5.41) is 11.1. The molecular weight excluding hydrogens is 520 g/mol. The fourth-order valence-electron chi connectivity index (χ4n) is 4.68. The first-order chi connectivity index (χ1) is 20.2. The van der Waals surface area contributed by atoms with Crippen molar-refractivity contribution in [3.05, 3.63) is 144 Å². The zero-order valence-electron chi connectivity index (χ0n) is 22.7. The molecule has 0 saturated carbocycles. The van der Waals surface area contributed by atoms with Gasteiger partial charge in [-0.2, -0.15) is 0 Å². The molecular formula is C34H34O7. The molecule has 0 aliphatic carbocycles. The van der Waals surface area contributed by atoms with Gasteiger partial charge in [0.1, 0.15) is 24.9 Å². The highest BCUT2D eigenvalue weighted by Crippen LogP contribution is 2.30. The van der Waals surface area contributed by atoms with Gasteiger partial charge in [0.25, 0.3) is 0 Å². The summed E-state index contributed by atoms with van der Waals surface area (Å²) in [6, 6.07) is 38.3. The van der Waals surface area contributed by atoms with Crippen LogP contribution < -0.4 is 0 Å². The van der Waals surface area contributed by atoms with Crippen molar-refractivity contribution >= 4 is 5.97 Å². The van der Waals surface area contributed by atoms with Crippen LogP contribution in [-0.4, -0.2) is 41.8 Å². The van der Waals surface area contributed by atoms with Crippen molar-refractivity contribution in [1.29, 1.82) is 0 Å². The third-order valence-electron chi connectivity index (χ3n) is 6.83. The van der Waals surface area contributed by atoms with Crippen molar-refractivity contribution in [3.8, 4) is 0 Å². The zero-order chi connectivity index (χ0) is 28.3. The van der Waals surface area contributed by atoms with Gasteiger partial charge in [0, 0.05) is 0 Å². The summed E-state index contributed by atoms with van der Waals surface area (Å²) in [5.41, 5.74) is 3.60. The van der Waals surface area contributed by atoms with E-state index in [0.29, 0.717) is 0 Å². The molecule has 1 heterocycles. The van der Waals surface area contributed by atoms with Crippen LogP contribution in [0.25, 0.3) is 0 Å². The second kappa shape index (κ2) is 14.7. The largest absolute Gasteiger partial charge is 0.459 e. The Labute approximate surface area is 240 Å². The molecule has 1 N–H and O–H groups in total. The molecule has 7 heteroatoms. The Balaban J connectivity index is 1.40. The second-order valence-corrected chi connectivity index (χ2v) is 9.82. The summed E-state index contributed by atoms with van der Waals surface area (Å²) in [7, 11) is 0. The van der Waals surface area contributed by atoms with Crippen LogP contribution in [0, 0.1) is 0 Å². The van der Waals surface area contributed by atoms with Crippen LogP contribution in [-0.2, 0) is 54.9 Å². The van der Waals surface area contributed by atoms with Crippen LogP contribution in [0.2, 0.25) is 0 Å². The van der Waals surface area contributed by atoms with Gasteiger partial charge in [-0.3, -0.25) is 0 Å². The molecule has 212 valence electrons. The molecule has 1 unspecified atom stereocenters.